The van der Waals surface area contributed by atoms with Gasteiger partial charge in [-0.3, -0.25) is 0 Å². The van der Waals surface area contributed by atoms with Crippen LogP contribution >= 0.6 is 0 Å². The van der Waals surface area contributed by atoms with E-state index >= 15 is 0 Å². The van der Waals surface area contributed by atoms with E-state index in [1.165, 1.54) is 16.8 Å². The molecule has 0 aliphatic carbocycles. The van der Waals surface area contributed by atoms with Crippen molar-refractivity contribution < 1.29 is 15.0 Å². The lowest BCUT2D eigenvalue weighted by molar-refractivity contribution is 0.0696. The molecule has 6 nitrogen and oxygen atoms in total. The minimum atomic E-state index is -1.00. The van der Waals surface area contributed by atoms with Gasteiger partial charge in [-0.15, -0.1) is 0 Å². The second-order valence-corrected chi connectivity index (χ2v) is 4.40. The van der Waals surface area contributed by atoms with E-state index in [4.69, 9.17) is 5.11 Å². The molecule has 2 N–H and O–H groups in total. The molecule has 0 aliphatic rings. The van der Waals surface area contributed by atoms with Gasteiger partial charge in [0.2, 0.25) is 0 Å². The smallest absolute Gasteiger partial charge is 0.337 e. The first kappa shape index (κ1) is 12.2. The molecule has 2 heterocycles. The number of aromatic carboxylic acids is 1. The molecule has 1 aromatic carbocycles. The summed E-state index contributed by atoms with van der Waals surface area (Å²) in [6.45, 7) is 0. The van der Waals surface area contributed by atoms with E-state index in [-0.39, 0.29) is 11.3 Å². The van der Waals surface area contributed by atoms with Crippen LogP contribution in [-0.2, 0) is 6.42 Å². The summed E-state index contributed by atoms with van der Waals surface area (Å²) in [6.07, 6.45) is 1.90. The van der Waals surface area contributed by atoms with Gasteiger partial charge in [-0.05, 0) is 29.8 Å². The normalized spacial score (nSPS) is 10.8. The van der Waals surface area contributed by atoms with Crippen molar-refractivity contribution in [2.45, 2.75) is 6.42 Å². The average Bonchev–Trinajstić information content (AvgIpc) is 2.79. The van der Waals surface area contributed by atoms with Gasteiger partial charge in [0.25, 0.3) is 0 Å². The number of benzene rings is 1. The number of carboxylic acids is 1. The van der Waals surface area contributed by atoms with Crippen molar-refractivity contribution in [2.24, 2.45) is 0 Å². The summed E-state index contributed by atoms with van der Waals surface area (Å²) in [5, 5.41) is 22.6. The molecule has 0 saturated heterocycles. The quantitative estimate of drug-likeness (QED) is 0.756. The Balaban J connectivity index is 1.95. The fraction of sp³-hybridized carbons (Fsp3) is 0.0714. The molecule has 2 aromatic heterocycles. The van der Waals surface area contributed by atoms with Crippen LogP contribution in [0, 0.1) is 0 Å². The van der Waals surface area contributed by atoms with Gasteiger partial charge < -0.3 is 10.2 Å². The summed E-state index contributed by atoms with van der Waals surface area (Å²) < 4.78 is 1.45. The lowest BCUT2D eigenvalue weighted by Gasteiger charge is -1.97. The highest BCUT2D eigenvalue weighted by Crippen LogP contribution is 2.14. The van der Waals surface area contributed by atoms with Gasteiger partial charge >= 0.3 is 5.97 Å². The molecule has 6 heteroatoms. The lowest BCUT2D eigenvalue weighted by atomic mass is 10.1. The number of hydrogen-bond acceptors (Lipinski definition) is 4. The number of rotatable bonds is 3. The highest BCUT2D eigenvalue weighted by molar-refractivity contribution is 5.87. The molecule has 3 aromatic rings. The molecule has 0 saturated carbocycles. The highest BCUT2D eigenvalue weighted by Gasteiger charge is 2.08. The molecule has 0 fully saturated rings. The van der Waals surface area contributed by atoms with Crippen molar-refractivity contribution in [3.8, 4) is 5.75 Å². The van der Waals surface area contributed by atoms with Gasteiger partial charge in [0, 0.05) is 12.6 Å². The summed E-state index contributed by atoms with van der Waals surface area (Å²) in [5.74, 6) is -0.241. The fourth-order valence-corrected chi connectivity index (χ4v) is 1.98. The summed E-state index contributed by atoms with van der Waals surface area (Å²) in [4.78, 5) is 15.2. The van der Waals surface area contributed by atoms with E-state index in [0.717, 1.165) is 5.56 Å². The predicted octanol–water partition coefficient (Wildman–Crippen LogP) is 1.72. The molecule has 0 spiro atoms. The van der Waals surface area contributed by atoms with Gasteiger partial charge in [-0.25, -0.2) is 14.3 Å². The number of nitrogens with zero attached hydrogens (tertiary/aromatic N) is 3. The molecule has 3 rings (SSSR count). The van der Waals surface area contributed by atoms with Crippen LogP contribution in [0.2, 0.25) is 0 Å². The zero-order chi connectivity index (χ0) is 14.1. The van der Waals surface area contributed by atoms with Crippen LogP contribution in [0.25, 0.3) is 5.65 Å². The topological polar surface area (TPSA) is 87.7 Å². The van der Waals surface area contributed by atoms with E-state index in [9.17, 15) is 9.90 Å². The molecule has 0 amide bonds. The fourth-order valence-electron chi connectivity index (χ4n) is 1.98. The maximum Gasteiger partial charge on any atom is 0.337 e. The third-order valence-corrected chi connectivity index (χ3v) is 2.89. The minimum absolute atomic E-state index is 0.159. The Morgan fingerprint density at radius 1 is 1.25 bits per heavy atom. The monoisotopic (exact) mass is 269 g/mol. The number of phenols is 1. The third-order valence-electron chi connectivity index (χ3n) is 2.89. The van der Waals surface area contributed by atoms with Crippen molar-refractivity contribution >= 4 is 11.6 Å². The number of fused-ring (bicyclic) bond motifs is 1. The maximum absolute atomic E-state index is 10.9. The number of aromatic nitrogens is 3. The van der Waals surface area contributed by atoms with Gasteiger partial charge in [0.15, 0.2) is 11.5 Å². The molecular weight excluding hydrogens is 258 g/mol. The summed E-state index contributed by atoms with van der Waals surface area (Å²) >= 11 is 0. The Kier molecular flexibility index (Phi) is 2.83. The molecule has 0 atom stereocenters. The molecule has 0 radical (unpaired) electrons. The van der Waals surface area contributed by atoms with Gasteiger partial charge in [-0.2, -0.15) is 5.10 Å². The SMILES string of the molecule is O=C(O)c1ccc2nc(Cc3cccc(O)c3)nn2c1. The van der Waals surface area contributed by atoms with Gasteiger partial charge in [0.05, 0.1) is 5.56 Å². The molecule has 0 aliphatic heterocycles. The molecule has 100 valence electrons. The number of phenolic OH excluding ortho intramolecular Hbond substituents is 1. The number of aromatic hydroxyl groups is 1. The van der Waals surface area contributed by atoms with E-state index in [2.05, 4.69) is 10.1 Å². The first-order chi connectivity index (χ1) is 9.61. The van der Waals surface area contributed by atoms with Crippen LogP contribution in [0.15, 0.2) is 42.6 Å². The first-order valence-corrected chi connectivity index (χ1v) is 5.98. The highest BCUT2D eigenvalue weighted by atomic mass is 16.4. The van der Waals surface area contributed by atoms with E-state index in [1.807, 2.05) is 6.07 Å². The second kappa shape index (κ2) is 4.65. The zero-order valence-electron chi connectivity index (χ0n) is 10.4. The van der Waals surface area contributed by atoms with E-state index < -0.39 is 5.97 Å². The van der Waals surface area contributed by atoms with Crippen molar-refractivity contribution in [3.05, 3.63) is 59.5 Å². The Hall–Kier alpha value is -2.89. The van der Waals surface area contributed by atoms with Crippen LogP contribution in [0.1, 0.15) is 21.7 Å². The maximum atomic E-state index is 10.9. The summed E-state index contributed by atoms with van der Waals surface area (Å²) in [6, 6.07) is 9.97. The largest absolute Gasteiger partial charge is 0.508 e. The van der Waals surface area contributed by atoms with E-state index in [0.29, 0.717) is 17.9 Å². The predicted molar refractivity (Wildman–Crippen MR) is 70.9 cm³/mol. The van der Waals surface area contributed by atoms with Crippen LogP contribution in [0.3, 0.4) is 0 Å². The van der Waals surface area contributed by atoms with E-state index in [1.54, 1.807) is 24.3 Å². The van der Waals surface area contributed by atoms with Crippen molar-refractivity contribution in [3.63, 3.8) is 0 Å². The Morgan fingerprint density at radius 3 is 2.85 bits per heavy atom. The number of pyridine rings is 1. The molecular formula is C14H11N3O3. The minimum Gasteiger partial charge on any atom is -0.508 e. The van der Waals surface area contributed by atoms with Gasteiger partial charge in [-0.1, -0.05) is 12.1 Å². The number of carbonyl (C=O) groups is 1. The average molecular weight is 269 g/mol. The third kappa shape index (κ3) is 2.31. The van der Waals surface area contributed by atoms with Gasteiger partial charge in [0.1, 0.15) is 5.75 Å². The molecule has 0 bridgehead atoms. The Morgan fingerprint density at radius 2 is 2.10 bits per heavy atom. The van der Waals surface area contributed by atoms with Crippen molar-refractivity contribution in [1.82, 2.24) is 14.6 Å². The van der Waals surface area contributed by atoms with Crippen LogP contribution in [-0.4, -0.2) is 30.8 Å². The van der Waals surface area contributed by atoms with Crippen molar-refractivity contribution in [1.29, 1.82) is 0 Å². The summed E-state index contributed by atoms with van der Waals surface area (Å²) in [7, 11) is 0. The van der Waals surface area contributed by atoms with Crippen LogP contribution in [0.5, 0.6) is 5.75 Å². The second-order valence-electron chi connectivity index (χ2n) is 4.40. The molecule has 0 unspecified atom stereocenters. The molecule has 20 heavy (non-hydrogen) atoms. The number of hydrogen-bond donors (Lipinski definition) is 2. The van der Waals surface area contributed by atoms with Crippen LogP contribution in [0.4, 0.5) is 0 Å². The number of carboxylic acid groups (broad SMARTS) is 1. The zero-order valence-corrected chi connectivity index (χ0v) is 10.4. The Labute approximate surface area is 113 Å². The summed E-state index contributed by atoms with van der Waals surface area (Å²) in [5.41, 5.74) is 1.64. The lowest BCUT2D eigenvalue weighted by Crippen LogP contribution is -1.99. The van der Waals surface area contributed by atoms with Crippen LogP contribution < -0.4 is 0 Å². The Bertz CT molecular complexity index is 795. The standard InChI is InChI=1S/C14H11N3O3/c18-11-3-1-2-9(6-11)7-12-15-13-5-4-10(14(19)20)8-17(13)16-12/h1-6,8,18H,7H2,(H,19,20). The van der Waals surface area contributed by atoms with Crippen molar-refractivity contribution in [2.75, 3.05) is 0 Å². The first-order valence-electron chi connectivity index (χ1n) is 5.98.